The number of halogens is 2. The molecule has 2 atom stereocenters. The number of aliphatic imine (C=N–C) groups is 1. The van der Waals surface area contributed by atoms with Crippen LogP contribution < -0.4 is 0 Å². The third kappa shape index (κ3) is 1.06. The Morgan fingerprint density at radius 3 is 2.56 bits per heavy atom. The predicted octanol–water partition coefficient (Wildman–Crippen LogP) is 2.76. The minimum atomic E-state index is -1.99. The van der Waals surface area contributed by atoms with Crippen molar-refractivity contribution >= 4 is 11.6 Å². The molecular formula is C14H11F2NO. The van der Waals surface area contributed by atoms with E-state index in [2.05, 4.69) is 4.99 Å². The van der Waals surface area contributed by atoms with E-state index in [1.165, 1.54) is 0 Å². The first-order chi connectivity index (χ1) is 8.58. The van der Waals surface area contributed by atoms with Gasteiger partial charge in [-0.15, -0.1) is 0 Å². The average molecular weight is 247 g/mol. The third-order valence-corrected chi connectivity index (χ3v) is 4.30. The molecule has 0 bridgehead atoms. The first-order valence-electron chi connectivity index (χ1n) is 6.14. The highest BCUT2D eigenvalue weighted by Crippen LogP contribution is 2.60. The molecule has 2 saturated carbocycles. The van der Waals surface area contributed by atoms with Crippen LogP contribution in [0.5, 0.6) is 0 Å². The summed E-state index contributed by atoms with van der Waals surface area (Å²) in [7, 11) is 0. The summed E-state index contributed by atoms with van der Waals surface area (Å²) in [6.07, 6.45) is -0.127. The summed E-state index contributed by atoms with van der Waals surface area (Å²) in [4.78, 5) is 15.8. The van der Waals surface area contributed by atoms with E-state index in [0.717, 1.165) is 18.4 Å². The summed E-state index contributed by atoms with van der Waals surface area (Å²) < 4.78 is 27.6. The number of nitrogens with zero attached hydrogens (tertiary/aromatic N) is 1. The summed E-state index contributed by atoms with van der Waals surface area (Å²) in [5.41, 5.74) is -0.972. The zero-order valence-corrected chi connectivity index (χ0v) is 9.62. The zero-order valence-electron chi connectivity index (χ0n) is 9.62. The Morgan fingerprint density at radius 1 is 1.28 bits per heavy atom. The van der Waals surface area contributed by atoms with Crippen LogP contribution in [0.3, 0.4) is 0 Å². The molecule has 92 valence electrons. The number of hydrogen-bond acceptors (Lipinski definition) is 1. The Balaban J connectivity index is 1.91. The van der Waals surface area contributed by atoms with Crippen molar-refractivity contribution in [1.82, 2.24) is 0 Å². The van der Waals surface area contributed by atoms with Crippen molar-refractivity contribution in [3.05, 3.63) is 35.4 Å². The lowest BCUT2D eigenvalue weighted by Gasteiger charge is -2.26. The largest absolute Gasteiger partial charge is 0.277 e. The number of amides is 1. The monoisotopic (exact) mass is 247 g/mol. The lowest BCUT2D eigenvalue weighted by Crippen LogP contribution is -2.38. The molecule has 18 heavy (non-hydrogen) atoms. The second kappa shape index (κ2) is 2.87. The number of carbonyl (C=O) groups is 1. The van der Waals surface area contributed by atoms with Crippen LogP contribution in [0, 0.1) is 0 Å². The van der Waals surface area contributed by atoms with Crippen molar-refractivity contribution in [2.24, 2.45) is 4.99 Å². The van der Waals surface area contributed by atoms with Crippen LogP contribution >= 0.6 is 0 Å². The number of fused-ring (bicyclic) bond motifs is 2. The highest BCUT2D eigenvalue weighted by molar-refractivity contribution is 6.18. The second-order valence-corrected chi connectivity index (χ2v) is 5.43. The van der Waals surface area contributed by atoms with Gasteiger partial charge in [0.2, 0.25) is 0 Å². The molecule has 4 heteroatoms. The lowest BCUT2D eigenvalue weighted by atomic mass is 9.81. The van der Waals surface area contributed by atoms with E-state index in [-0.39, 0.29) is 12.1 Å². The highest BCUT2D eigenvalue weighted by atomic mass is 19.2. The van der Waals surface area contributed by atoms with Crippen LogP contribution in [-0.4, -0.2) is 23.5 Å². The normalized spacial score (nSPS) is 35.1. The molecule has 1 aliphatic heterocycles. The molecule has 2 nitrogen and oxygen atoms in total. The lowest BCUT2D eigenvalue weighted by molar-refractivity contribution is 0.0996. The van der Waals surface area contributed by atoms with E-state index in [9.17, 15) is 13.6 Å². The van der Waals surface area contributed by atoms with E-state index < -0.39 is 23.2 Å². The van der Waals surface area contributed by atoms with Gasteiger partial charge in [0.05, 0.1) is 5.71 Å². The zero-order chi connectivity index (χ0) is 12.5. The molecule has 1 spiro atoms. The van der Waals surface area contributed by atoms with Gasteiger partial charge in [-0.3, -0.25) is 4.79 Å². The molecule has 0 radical (unpaired) electrons. The van der Waals surface area contributed by atoms with Crippen molar-refractivity contribution in [2.75, 3.05) is 0 Å². The maximum Gasteiger partial charge on any atom is 0.277 e. The van der Waals surface area contributed by atoms with Gasteiger partial charge in [0, 0.05) is 17.4 Å². The molecule has 3 aliphatic rings. The molecule has 0 saturated heterocycles. The highest BCUT2D eigenvalue weighted by Gasteiger charge is 2.69. The fraction of sp³-hybridized carbons (Fsp3) is 0.429. The minimum absolute atomic E-state index is 0.145. The molecule has 0 unspecified atom stereocenters. The Bertz CT molecular complexity index is 606. The Morgan fingerprint density at radius 2 is 1.94 bits per heavy atom. The maximum atomic E-state index is 14.3. The third-order valence-electron chi connectivity index (χ3n) is 4.30. The van der Waals surface area contributed by atoms with Gasteiger partial charge in [-0.2, -0.15) is 0 Å². The molecular weight excluding hydrogens is 236 g/mol. The second-order valence-electron chi connectivity index (χ2n) is 5.43. The average Bonchev–Trinajstić information content (AvgIpc) is 3.25. The number of rotatable bonds is 1. The molecule has 1 heterocycles. The van der Waals surface area contributed by atoms with Crippen molar-refractivity contribution in [2.45, 2.75) is 36.5 Å². The van der Waals surface area contributed by atoms with E-state index in [0.29, 0.717) is 5.56 Å². The van der Waals surface area contributed by atoms with E-state index in [1.54, 1.807) is 12.1 Å². The molecule has 2 fully saturated rings. The summed E-state index contributed by atoms with van der Waals surface area (Å²) in [6.45, 7) is 0. The number of hydrogen-bond donors (Lipinski definition) is 0. The first kappa shape index (κ1) is 10.4. The number of alkyl halides is 2. The van der Waals surface area contributed by atoms with Gasteiger partial charge >= 0.3 is 0 Å². The van der Waals surface area contributed by atoms with E-state index in [4.69, 9.17) is 0 Å². The molecule has 2 aliphatic carbocycles. The molecule has 1 aromatic rings. The topological polar surface area (TPSA) is 29.4 Å². The summed E-state index contributed by atoms with van der Waals surface area (Å²) in [5.74, 6) is -0.436. The maximum absolute atomic E-state index is 14.3. The Labute approximate surface area is 103 Å². The van der Waals surface area contributed by atoms with Gasteiger partial charge in [0.25, 0.3) is 5.91 Å². The van der Waals surface area contributed by atoms with Gasteiger partial charge < -0.3 is 0 Å². The first-order valence-corrected chi connectivity index (χ1v) is 6.14. The van der Waals surface area contributed by atoms with Crippen molar-refractivity contribution < 1.29 is 13.6 Å². The van der Waals surface area contributed by atoms with Crippen LogP contribution in [0.4, 0.5) is 8.78 Å². The number of carbonyl (C=O) groups excluding carboxylic acids is 1. The van der Waals surface area contributed by atoms with Crippen LogP contribution in [0.15, 0.2) is 29.3 Å². The predicted molar refractivity (Wildman–Crippen MR) is 62.5 cm³/mol. The molecule has 0 aromatic heterocycles. The van der Waals surface area contributed by atoms with Crippen LogP contribution in [0.2, 0.25) is 0 Å². The van der Waals surface area contributed by atoms with Gasteiger partial charge in [0.1, 0.15) is 6.17 Å². The molecule has 1 amide bonds. The summed E-state index contributed by atoms with van der Waals surface area (Å²) in [5, 5.41) is 0. The van der Waals surface area contributed by atoms with E-state index >= 15 is 0 Å². The van der Waals surface area contributed by atoms with E-state index in [1.807, 2.05) is 12.1 Å². The molecule has 0 N–H and O–H groups in total. The quantitative estimate of drug-likeness (QED) is 0.750. The van der Waals surface area contributed by atoms with Gasteiger partial charge in [-0.25, -0.2) is 13.8 Å². The fourth-order valence-corrected chi connectivity index (χ4v) is 3.05. The van der Waals surface area contributed by atoms with Crippen molar-refractivity contribution in [1.29, 1.82) is 0 Å². The van der Waals surface area contributed by atoms with Crippen molar-refractivity contribution in [3.63, 3.8) is 0 Å². The fourth-order valence-electron chi connectivity index (χ4n) is 3.05. The molecule has 4 rings (SSSR count). The Kier molecular flexibility index (Phi) is 1.65. The van der Waals surface area contributed by atoms with Crippen LogP contribution in [0.1, 0.15) is 35.2 Å². The molecule has 1 aromatic carbocycles. The number of benzene rings is 1. The minimum Gasteiger partial charge on any atom is -0.267 e. The van der Waals surface area contributed by atoms with Gasteiger partial charge in [-0.1, -0.05) is 18.2 Å². The van der Waals surface area contributed by atoms with Crippen LogP contribution in [-0.2, 0) is 5.41 Å². The van der Waals surface area contributed by atoms with Gasteiger partial charge in [0.15, 0.2) is 5.67 Å². The van der Waals surface area contributed by atoms with Crippen molar-refractivity contribution in [3.8, 4) is 0 Å². The smallest absolute Gasteiger partial charge is 0.267 e. The van der Waals surface area contributed by atoms with Gasteiger partial charge in [-0.05, 0) is 24.5 Å². The Hall–Kier alpha value is -1.58. The van der Waals surface area contributed by atoms with Crippen LogP contribution in [0.25, 0.3) is 0 Å². The summed E-state index contributed by atoms with van der Waals surface area (Å²) >= 11 is 0. The summed E-state index contributed by atoms with van der Waals surface area (Å²) in [6, 6.07) is 7.16. The standard InChI is InChI=1S/C14H11F2NO/c15-10-7-14(10,16)12-13(5-6-13)9-4-2-1-3-8(9)11(18)17-12/h1-4,10H,5-7H2/t10-,14+/m1/s1. The SMILES string of the molecule is O=C1N=C([C@]2(F)C[C@H]2F)C2(CC2)c2ccccc21.